The van der Waals surface area contributed by atoms with Crippen LogP contribution in [0.3, 0.4) is 0 Å². The lowest BCUT2D eigenvalue weighted by Gasteiger charge is -2.03. The highest BCUT2D eigenvalue weighted by Gasteiger charge is 2.16. The van der Waals surface area contributed by atoms with Crippen LogP contribution in [-0.2, 0) is 18.3 Å². The minimum Gasteiger partial charge on any atom is -0.479 e. The van der Waals surface area contributed by atoms with Crippen molar-refractivity contribution in [2.24, 2.45) is 7.05 Å². The standard InChI is InChI=1S/C8H12N2O3/c1-5-6(4-9-10(5)2)3-7(11)8(12)13/h4,7,11H,3H2,1-2H3,(H,12,13)/t7-/m0/s1. The fraction of sp³-hybridized carbons (Fsp3) is 0.500. The molecule has 0 aliphatic heterocycles. The first-order valence-corrected chi connectivity index (χ1v) is 3.90. The quantitative estimate of drug-likeness (QED) is 0.677. The van der Waals surface area contributed by atoms with Crippen LogP contribution in [0.25, 0.3) is 0 Å². The van der Waals surface area contributed by atoms with Gasteiger partial charge in [-0.15, -0.1) is 0 Å². The lowest BCUT2D eigenvalue weighted by atomic mass is 10.1. The van der Waals surface area contributed by atoms with E-state index in [9.17, 15) is 4.79 Å². The molecule has 0 unspecified atom stereocenters. The molecule has 2 N–H and O–H groups in total. The molecule has 0 bridgehead atoms. The van der Waals surface area contributed by atoms with E-state index in [1.165, 1.54) is 0 Å². The molecule has 0 fully saturated rings. The van der Waals surface area contributed by atoms with Crippen LogP contribution >= 0.6 is 0 Å². The number of carboxylic acid groups (broad SMARTS) is 1. The predicted molar refractivity (Wildman–Crippen MR) is 45.3 cm³/mol. The molecule has 0 saturated carbocycles. The van der Waals surface area contributed by atoms with Gasteiger partial charge in [-0.2, -0.15) is 5.10 Å². The largest absolute Gasteiger partial charge is 0.479 e. The summed E-state index contributed by atoms with van der Waals surface area (Å²) >= 11 is 0. The summed E-state index contributed by atoms with van der Waals surface area (Å²) in [6.07, 6.45) is 0.333. The highest BCUT2D eigenvalue weighted by Crippen LogP contribution is 2.08. The van der Waals surface area contributed by atoms with Crippen LogP contribution in [0.1, 0.15) is 11.3 Å². The maximum Gasteiger partial charge on any atom is 0.332 e. The van der Waals surface area contributed by atoms with Gasteiger partial charge in [-0.25, -0.2) is 4.79 Å². The molecule has 1 aromatic heterocycles. The number of aliphatic hydroxyl groups is 1. The van der Waals surface area contributed by atoms with Crippen LogP contribution in [0.15, 0.2) is 6.20 Å². The van der Waals surface area contributed by atoms with E-state index in [2.05, 4.69) is 5.10 Å². The van der Waals surface area contributed by atoms with E-state index in [1.807, 2.05) is 6.92 Å². The van der Waals surface area contributed by atoms with Crippen molar-refractivity contribution in [2.75, 3.05) is 0 Å². The Bertz CT molecular complexity index is 319. The maximum absolute atomic E-state index is 10.3. The molecular formula is C8H12N2O3. The SMILES string of the molecule is Cc1c(C[C@H](O)C(=O)O)cnn1C. The van der Waals surface area contributed by atoms with E-state index in [-0.39, 0.29) is 6.42 Å². The second-order valence-electron chi connectivity index (χ2n) is 2.94. The van der Waals surface area contributed by atoms with Gasteiger partial charge in [-0.3, -0.25) is 4.68 Å². The monoisotopic (exact) mass is 184 g/mol. The summed E-state index contributed by atoms with van der Waals surface area (Å²) in [7, 11) is 1.77. The molecule has 1 rings (SSSR count). The Labute approximate surface area is 75.6 Å². The Balaban J connectivity index is 2.74. The van der Waals surface area contributed by atoms with Crippen LogP contribution in [0.4, 0.5) is 0 Å². The first-order chi connectivity index (χ1) is 6.02. The van der Waals surface area contributed by atoms with E-state index in [1.54, 1.807) is 17.9 Å². The van der Waals surface area contributed by atoms with Crippen molar-refractivity contribution < 1.29 is 15.0 Å². The first-order valence-electron chi connectivity index (χ1n) is 3.90. The van der Waals surface area contributed by atoms with Crippen LogP contribution in [0.5, 0.6) is 0 Å². The van der Waals surface area contributed by atoms with Crippen LogP contribution in [0, 0.1) is 6.92 Å². The zero-order valence-corrected chi connectivity index (χ0v) is 7.56. The lowest BCUT2D eigenvalue weighted by Crippen LogP contribution is -2.22. The first kappa shape index (κ1) is 9.73. The van der Waals surface area contributed by atoms with Gasteiger partial charge in [0.05, 0.1) is 6.20 Å². The molecule has 5 heteroatoms. The molecule has 0 aliphatic carbocycles. The molecule has 0 aliphatic rings. The van der Waals surface area contributed by atoms with Gasteiger partial charge in [0, 0.05) is 19.2 Å². The van der Waals surface area contributed by atoms with Gasteiger partial charge in [-0.05, 0) is 12.5 Å². The molecule has 1 heterocycles. The van der Waals surface area contributed by atoms with Crippen molar-refractivity contribution in [1.29, 1.82) is 0 Å². The minimum atomic E-state index is -1.34. The molecular weight excluding hydrogens is 172 g/mol. The maximum atomic E-state index is 10.3. The normalized spacial score (nSPS) is 12.8. The summed E-state index contributed by atoms with van der Waals surface area (Å²) in [6, 6.07) is 0. The molecule has 0 saturated heterocycles. The topological polar surface area (TPSA) is 75.3 Å². The number of aliphatic carboxylic acids is 1. The number of aliphatic hydroxyl groups excluding tert-OH is 1. The second-order valence-corrected chi connectivity index (χ2v) is 2.94. The van der Waals surface area contributed by atoms with E-state index in [4.69, 9.17) is 10.2 Å². The summed E-state index contributed by atoms with van der Waals surface area (Å²) in [5, 5.41) is 21.5. The zero-order chi connectivity index (χ0) is 10.0. The smallest absolute Gasteiger partial charge is 0.332 e. The van der Waals surface area contributed by atoms with Gasteiger partial charge in [0.25, 0.3) is 0 Å². The third-order valence-electron chi connectivity index (χ3n) is 2.04. The molecule has 0 radical (unpaired) electrons. The molecule has 0 aromatic carbocycles. The number of rotatable bonds is 3. The average molecular weight is 184 g/mol. The van der Waals surface area contributed by atoms with Crippen molar-refractivity contribution in [3.05, 3.63) is 17.5 Å². The van der Waals surface area contributed by atoms with E-state index >= 15 is 0 Å². The van der Waals surface area contributed by atoms with Crippen molar-refractivity contribution in [1.82, 2.24) is 9.78 Å². The molecule has 1 aromatic rings. The fourth-order valence-electron chi connectivity index (χ4n) is 1.04. The van der Waals surface area contributed by atoms with Gasteiger partial charge in [-0.1, -0.05) is 0 Å². The Morgan fingerprint density at radius 1 is 1.77 bits per heavy atom. The van der Waals surface area contributed by atoms with Gasteiger partial charge >= 0.3 is 5.97 Å². The van der Waals surface area contributed by atoms with Gasteiger partial charge < -0.3 is 10.2 Å². The number of hydrogen-bond acceptors (Lipinski definition) is 3. The van der Waals surface area contributed by atoms with Crippen LogP contribution in [-0.4, -0.2) is 32.1 Å². The van der Waals surface area contributed by atoms with Gasteiger partial charge in [0.1, 0.15) is 0 Å². The predicted octanol–water partition coefficient (Wildman–Crippen LogP) is -0.283. The average Bonchev–Trinajstić information content (AvgIpc) is 2.36. The molecule has 0 spiro atoms. The Hall–Kier alpha value is -1.36. The van der Waals surface area contributed by atoms with Crippen LogP contribution < -0.4 is 0 Å². The fourth-order valence-corrected chi connectivity index (χ4v) is 1.04. The number of carboxylic acids is 1. The summed E-state index contributed by atoms with van der Waals surface area (Å²) in [6.45, 7) is 1.83. The van der Waals surface area contributed by atoms with E-state index in [0.29, 0.717) is 0 Å². The van der Waals surface area contributed by atoms with Gasteiger partial charge in [0.2, 0.25) is 0 Å². The summed E-state index contributed by atoms with van der Waals surface area (Å²) in [5.41, 5.74) is 1.64. The van der Waals surface area contributed by atoms with Gasteiger partial charge in [0.15, 0.2) is 6.10 Å². The number of aromatic nitrogens is 2. The third-order valence-corrected chi connectivity index (χ3v) is 2.04. The lowest BCUT2D eigenvalue weighted by molar-refractivity contribution is -0.146. The highest BCUT2D eigenvalue weighted by atomic mass is 16.4. The van der Waals surface area contributed by atoms with Crippen molar-refractivity contribution in [3.63, 3.8) is 0 Å². The van der Waals surface area contributed by atoms with E-state index in [0.717, 1.165) is 11.3 Å². The third kappa shape index (κ3) is 2.06. The number of hydrogen-bond donors (Lipinski definition) is 2. The summed E-state index contributed by atoms with van der Waals surface area (Å²) < 4.78 is 1.64. The molecule has 72 valence electrons. The Morgan fingerprint density at radius 3 is 2.77 bits per heavy atom. The summed E-state index contributed by atoms with van der Waals surface area (Å²) in [5.74, 6) is -1.21. The second kappa shape index (κ2) is 3.57. The van der Waals surface area contributed by atoms with Crippen molar-refractivity contribution in [3.8, 4) is 0 Å². The summed E-state index contributed by atoms with van der Waals surface area (Å²) in [4.78, 5) is 10.3. The molecule has 5 nitrogen and oxygen atoms in total. The van der Waals surface area contributed by atoms with Crippen molar-refractivity contribution >= 4 is 5.97 Å². The zero-order valence-electron chi connectivity index (χ0n) is 7.56. The number of carbonyl (C=O) groups is 1. The van der Waals surface area contributed by atoms with Crippen molar-refractivity contribution in [2.45, 2.75) is 19.4 Å². The number of aryl methyl sites for hydroxylation is 1. The molecule has 13 heavy (non-hydrogen) atoms. The van der Waals surface area contributed by atoms with Crippen LogP contribution in [0.2, 0.25) is 0 Å². The molecule has 1 atom stereocenters. The minimum absolute atomic E-state index is 0.106. The highest BCUT2D eigenvalue weighted by molar-refractivity contribution is 5.72. The Kier molecular flexibility index (Phi) is 2.67. The molecule has 0 amide bonds. The van der Waals surface area contributed by atoms with E-state index < -0.39 is 12.1 Å². The Morgan fingerprint density at radius 2 is 2.38 bits per heavy atom. The number of nitrogens with zero attached hydrogens (tertiary/aromatic N) is 2.